The molecule has 1 aromatic rings. The predicted octanol–water partition coefficient (Wildman–Crippen LogP) is 2.36. The van der Waals surface area contributed by atoms with Crippen LogP contribution in [0.2, 0.25) is 0 Å². The molecular weight excluding hydrogens is 310 g/mol. The summed E-state index contributed by atoms with van der Waals surface area (Å²) in [5, 5.41) is 17.7. The Balaban J connectivity index is 3.04. The van der Waals surface area contributed by atoms with Crippen LogP contribution >= 0.6 is 15.9 Å². The van der Waals surface area contributed by atoms with Gasteiger partial charge in [0.1, 0.15) is 5.78 Å². The fourth-order valence-electron chi connectivity index (χ4n) is 1.61. The Morgan fingerprint density at radius 2 is 2.16 bits per heavy atom. The zero-order valence-electron chi connectivity index (χ0n) is 10.1. The molecule has 4 nitrogen and oxygen atoms in total. The van der Waals surface area contributed by atoms with Crippen LogP contribution in [0.1, 0.15) is 16.7 Å². The lowest BCUT2D eigenvalue weighted by Gasteiger charge is -2.06. The maximum atomic E-state index is 11.3. The van der Waals surface area contributed by atoms with Crippen LogP contribution in [-0.4, -0.2) is 22.2 Å². The molecular formula is C14H12BrNO3. The first kappa shape index (κ1) is 15.1. The van der Waals surface area contributed by atoms with E-state index >= 15 is 0 Å². The second-order valence-corrected chi connectivity index (χ2v) is 4.45. The van der Waals surface area contributed by atoms with E-state index < -0.39 is 5.97 Å². The van der Waals surface area contributed by atoms with Gasteiger partial charge in [-0.05, 0) is 22.8 Å². The van der Waals surface area contributed by atoms with Crippen molar-refractivity contribution in [2.45, 2.75) is 12.8 Å². The molecule has 0 fully saturated rings. The van der Waals surface area contributed by atoms with Gasteiger partial charge >= 0.3 is 5.97 Å². The van der Waals surface area contributed by atoms with E-state index in [-0.39, 0.29) is 12.2 Å². The van der Waals surface area contributed by atoms with Crippen LogP contribution in [0, 0.1) is 11.3 Å². The lowest BCUT2D eigenvalue weighted by molar-refractivity contribution is -0.131. The topological polar surface area (TPSA) is 78.2 Å². The normalized spacial score (nSPS) is 10.3. The van der Waals surface area contributed by atoms with Crippen LogP contribution in [0.4, 0.5) is 0 Å². The molecule has 19 heavy (non-hydrogen) atoms. The van der Waals surface area contributed by atoms with E-state index in [4.69, 9.17) is 10.4 Å². The van der Waals surface area contributed by atoms with Crippen LogP contribution in [0.3, 0.4) is 0 Å². The molecule has 0 aliphatic rings. The van der Waals surface area contributed by atoms with Gasteiger partial charge in [0.2, 0.25) is 0 Å². The van der Waals surface area contributed by atoms with Gasteiger partial charge in [0.05, 0.1) is 17.8 Å². The highest BCUT2D eigenvalue weighted by atomic mass is 79.9. The van der Waals surface area contributed by atoms with Crippen molar-refractivity contribution in [1.29, 1.82) is 5.26 Å². The minimum absolute atomic E-state index is 0.0525. The Labute approximate surface area is 119 Å². The summed E-state index contributed by atoms with van der Waals surface area (Å²) in [6.45, 7) is 0. The largest absolute Gasteiger partial charge is 0.478 e. The average Bonchev–Trinajstić information content (AvgIpc) is 2.38. The molecule has 1 N–H and O–H groups in total. The number of hydrogen-bond acceptors (Lipinski definition) is 3. The average molecular weight is 322 g/mol. The van der Waals surface area contributed by atoms with Crippen LogP contribution < -0.4 is 0 Å². The van der Waals surface area contributed by atoms with Crippen molar-refractivity contribution in [2.24, 2.45) is 0 Å². The second-order valence-electron chi connectivity index (χ2n) is 3.89. The smallest absolute Gasteiger partial charge is 0.328 e. The van der Waals surface area contributed by atoms with Gasteiger partial charge in [-0.2, -0.15) is 5.26 Å². The van der Waals surface area contributed by atoms with Gasteiger partial charge in [-0.25, -0.2) is 4.79 Å². The third kappa shape index (κ3) is 5.06. The number of carboxylic acids is 1. The molecule has 0 unspecified atom stereocenters. The minimum Gasteiger partial charge on any atom is -0.478 e. The first-order valence-electron chi connectivity index (χ1n) is 5.54. The molecule has 0 radical (unpaired) electrons. The monoisotopic (exact) mass is 321 g/mol. The van der Waals surface area contributed by atoms with E-state index in [1.165, 1.54) is 6.08 Å². The maximum absolute atomic E-state index is 11.3. The number of Topliss-reactive ketones (excluding diaryl/α,β-unsaturated/α-hetero) is 1. The maximum Gasteiger partial charge on any atom is 0.328 e. The fraction of sp³-hybridized carbons (Fsp3) is 0.214. The van der Waals surface area contributed by atoms with Gasteiger partial charge in [-0.15, -0.1) is 0 Å². The summed E-state index contributed by atoms with van der Waals surface area (Å²) in [6.07, 6.45) is 2.95. The number of benzene rings is 1. The van der Waals surface area contributed by atoms with Crippen molar-refractivity contribution >= 4 is 33.8 Å². The summed E-state index contributed by atoms with van der Waals surface area (Å²) in [7, 11) is 0. The molecule has 0 amide bonds. The number of hydrogen-bond donors (Lipinski definition) is 1. The third-order valence-electron chi connectivity index (χ3n) is 2.43. The molecule has 0 aliphatic carbocycles. The van der Waals surface area contributed by atoms with Crippen molar-refractivity contribution in [2.75, 3.05) is 5.33 Å². The van der Waals surface area contributed by atoms with Gasteiger partial charge in [0.25, 0.3) is 0 Å². The Morgan fingerprint density at radius 3 is 2.74 bits per heavy atom. The van der Waals surface area contributed by atoms with Crippen molar-refractivity contribution < 1.29 is 14.7 Å². The molecule has 0 saturated carbocycles. The molecule has 0 aromatic heterocycles. The summed E-state index contributed by atoms with van der Waals surface area (Å²) in [6, 6.07) is 7.29. The third-order valence-corrected chi connectivity index (χ3v) is 3.06. The standard InChI is InChI=1S/C14H12BrNO3/c15-9-13(17)8-10-1-2-11(3-4-14(18)19)12(7-10)5-6-16/h1-4,7H,5,8-9H2,(H,18,19)/b4-3+. The number of ketones is 1. The number of rotatable bonds is 6. The second kappa shape index (κ2) is 7.49. The molecule has 98 valence electrons. The van der Waals surface area contributed by atoms with Crippen molar-refractivity contribution in [3.8, 4) is 6.07 Å². The molecule has 0 aliphatic heterocycles. The lowest BCUT2D eigenvalue weighted by Crippen LogP contribution is -2.04. The highest BCUT2D eigenvalue weighted by molar-refractivity contribution is 9.09. The number of carboxylic acid groups (broad SMARTS) is 1. The molecule has 0 bridgehead atoms. The first-order chi connectivity index (χ1) is 9.06. The lowest BCUT2D eigenvalue weighted by atomic mass is 9.99. The zero-order chi connectivity index (χ0) is 14.3. The number of nitriles is 1. The number of carbonyl (C=O) groups is 2. The summed E-state index contributed by atoms with van der Waals surface area (Å²) in [4.78, 5) is 21.8. The predicted molar refractivity (Wildman–Crippen MR) is 74.9 cm³/mol. The highest BCUT2D eigenvalue weighted by Crippen LogP contribution is 2.15. The fourth-order valence-corrected chi connectivity index (χ4v) is 1.80. The van der Waals surface area contributed by atoms with E-state index in [2.05, 4.69) is 15.9 Å². The summed E-state index contributed by atoms with van der Waals surface area (Å²) in [5.41, 5.74) is 2.22. The van der Waals surface area contributed by atoms with Crippen molar-refractivity contribution in [3.63, 3.8) is 0 Å². The van der Waals surface area contributed by atoms with Crippen LogP contribution in [0.25, 0.3) is 6.08 Å². The van der Waals surface area contributed by atoms with Gasteiger partial charge in [0, 0.05) is 12.5 Å². The quantitative estimate of drug-likeness (QED) is 0.644. The summed E-state index contributed by atoms with van der Waals surface area (Å²) < 4.78 is 0. The molecule has 0 atom stereocenters. The highest BCUT2D eigenvalue weighted by Gasteiger charge is 2.06. The van der Waals surface area contributed by atoms with Gasteiger partial charge in [0.15, 0.2) is 0 Å². The van der Waals surface area contributed by atoms with Crippen LogP contribution in [0.5, 0.6) is 0 Å². The van der Waals surface area contributed by atoms with Gasteiger partial charge < -0.3 is 5.11 Å². The molecule has 5 heteroatoms. The van der Waals surface area contributed by atoms with E-state index in [0.717, 1.165) is 17.2 Å². The zero-order valence-corrected chi connectivity index (χ0v) is 11.7. The van der Waals surface area contributed by atoms with Gasteiger partial charge in [-0.3, -0.25) is 4.79 Å². The minimum atomic E-state index is -1.04. The van der Waals surface area contributed by atoms with E-state index in [1.807, 2.05) is 6.07 Å². The summed E-state index contributed by atoms with van der Waals surface area (Å²) in [5.74, 6) is -0.988. The Hall–Kier alpha value is -1.93. The summed E-state index contributed by atoms with van der Waals surface area (Å²) >= 11 is 3.10. The van der Waals surface area contributed by atoms with E-state index in [0.29, 0.717) is 17.3 Å². The molecule has 1 rings (SSSR count). The van der Waals surface area contributed by atoms with E-state index in [1.54, 1.807) is 18.2 Å². The SMILES string of the molecule is N#CCc1cc(CC(=O)CBr)ccc1/C=C/C(=O)O. The molecule has 0 heterocycles. The Kier molecular flexibility index (Phi) is 5.97. The van der Waals surface area contributed by atoms with E-state index in [9.17, 15) is 9.59 Å². The Bertz CT molecular complexity index is 558. The van der Waals surface area contributed by atoms with Crippen LogP contribution in [0.15, 0.2) is 24.3 Å². The molecule has 0 spiro atoms. The molecule has 0 saturated heterocycles. The number of halogens is 1. The number of alkyl halides is 1. The van der Waals surface area contributed by atoms with Gasteiger partial charge in [-0.1, -0.05) is 34.1 Å². The first-order valence-corrected chi connectivity index (χ1v) is 6.66. The number of carbonyl (C=O) groups excluding carboxylic acids is 1. The Morgan fingerprint density at radius 1 is 1.42 bits per heavy atom. The van der Waals surface area contributed by atoms with Crippen molar-refractivity contribution in [3.05, 3.63) is 41.0 Å². The van der Waals surface area contributed by atoms with Crippen molar-refractivity contribution in [1.82, 2.24) is 0 Å². The number of nitrogens with zero attached hydrogens (tertiary/aromatic N) is 1. The van der Waals surface area contributed by atoms with Crippen LogP contribution in [-0.2, 0) is 22.4 Å². The molecule has 1 aromatic carbocycles. The number of aliphatic carboxylic acids is 1.